The van der Waals surface area contributed by atoms with Crippen LogP contribution < -0.4 is 5.32 Å². The monoisotopic (exact) mass is 387 g/mol. The number of carbonyl (C=O) groups is 3. The summed E-state index contributed by atoms with van der Waals surface area (Å²) in [5, 5.41) is 2.91. The van der Waals surface area contributed by atoms with Crippen LogP contribution in [0.25, 0.3) is 0 Å². The number of thioether (sulfide) groups is 1. The number of amides is 1. The molecule has 0 heterocycles. The molecule has 0 aliphatic carbocycles. The van der Waals surface area contributed by atoms with Crippen LogP contribution in [0.2, 0.25) is 0 Å². The standard InChI is InChI=1S/C20H21NO5S/c1-14(22)26-20(27-13-17(23)25-2)19(24)21-18(15-9-5-3-6-10-15)16-11-7-4-8-12-16/h3-12,18,20H,13H2,1-2H3,(H,21,24). The summed E-state index contributed by atoms with van der Waals surface area (Å²) in [6.07, 6.45) is 0. The minimum atomic E-state index is -1.16. The Balaban J connectivity index is 2.21. The molecule has 1 unspecified atom stereocenters. The molecule has 0 aliphatic rings. The van der Waals surface area contributed by atoms with Gasteiger partial charge in [-0.05, 0) is 11.1 Å². The molecule has 0 radical (unpaired) electrons. The van der Waals surface area contributed by atoms with Gasteiger partial charge in [0, 0.05) is 6.92 Å². The summed E-state index contributed by atoms with van der Waals surface area (Å²) >= 11 is 0.893. The lowest BCUT2D eigenvalue weighted by atomic mass is 9.99. The van der Waals surface area contributed by atoms with Crippen molar-refractivity contribution in [1.29, 1.82) is 0 Å². The van der Waals surface area contributed by atoms with E-state index in [9.17, 15) is 14.4 Å². The van der Waals surface area contributed by atoms with E-state index in [0.29, 0.717) is 0 Å². The third-order valence-electron chi connectivity index (χ3n) is 3.62. The van der Waals surface area contributed by atoms with Crippen LogP contribution in [-0.2, 0) is 23.9 Å². The van der Waals surface area contributed by atoms with Crippen molar-refractivity contribution < 1.29 is 23.9 Å². The quantitative estimate of drug-likeness (QED) is 0.554. The molecule has 6 nitrogen and oxygen atoms in total. The molecule has 7 heteroatoms. The summed E-state index contributed by atoms with van der Waals surface area (Å²) in [7, 11) is 1.25. The van der Waals surface area contributed by atoms with Crippen LogP contribution in [0.1, 0.15) is 24.1 Å². The van der Waals surface area contributed by atoms with E-state index < -0.39 is 29.3 Å². The van der Waals surface area contributed by atoms with Gasteiger partial charge in [-0.3, -0.25) is 14.4 Å². The van der Waals surface area contributed by atoms with E-state index in [1.807, 2.05) is 60.7 Å². The average Bonchev–Trinajstić information content (AvgIpc) is 2.69. The molecule has 1 atom stereocenters. The number of ether oxygens (including phenoxy) is 2. The number of rotatable bonds is 8. The van der Waals surface area contributed by atoms with E-state index in [-0.39, 0.29) is 5.75 Å². The van der Waals surface area contributed by atoms with E-state index in [2.05, 4.69) is 10.1 Å². The number of benzene rings is 2. The van der Waals surface area contributed by atoms with Gasteiger partial charge >= 0.3 is 11.9 Å². The first kappa shape index (κ1) is 20.5. The van der Waals surface area contributed by atoms with Gasteiger partial charge in [-0.15, -0.1) is 0 Å². The molecular formula is C20H21NO5S. The molecule has 0 saturated heterocycles. The second-order valence-electron chi connectivity index (χ2n) is 5.59. The summed E-state index contributed by atoms with van der Waals surface area (Å²) in [5.74, 6) is -1.73. The fourth-order valence-electron chi connectivity index (χ4n) is 2.38. The molecule has 0 aromatic heterocycles. The Bertz CT molecular complexity index is 727. The van der Waals surface area contributed by atoms with Crippen LogP contribution in [0.15, 0.2) is 60.7 Å². The van der Waals surface area contributed by atoms with Crippen molar-refractivity contribution in [3.8, 4) is 0 Å². The Kier molecular flexibility index (Phi) is 7.88. The smallest absolute Gasteiger partial charge is 0.315 e. The summed E-state index contributed by atoms with van der Waals surface area (Å²) in [5.41, 5.74) is 0.615. The number of hydrogen-bond acceptors (Lipinski definition) is 6. The third-order valence-corrected chi connectivity index (χ3v) is 4.64. The van der Waals surface area contributed by atoms with Gasteiger partial charge in [0.15, 0.2) is 0 Å². The molecule has 142 valence electrons. The molecule has 0 saturated carbocycles. The van der Waals surface area contributed by atoms with Crippen molar-refractivity contribution in [3.63, 3.8) is 0 Å². The van der Waals surface area contributed by atoms with Gasteiger partial charge in [0.05, 0.1) is 18.9 Å². The number of nitrogens with one attached hydrogen (secondary N) is 1. The van der Waals surface area contributed by atoms with Gasteiger partial charge in [0.1, 0.15) is 0 Å². The fourth-order valence-corrected chi connectivity index (χ4v) is 3.21. The minimum absolute atomic E-state index is 0.108. The van der Waals surface area contributed by atoms with Gasteiger partial charge in [-0.2, -0.15) is 0 Å². The van der Waals surface area contributed by atoms with Crippen LogP contribution in [0.5, 0.6) is 0 Å². The molecule has 1 amide bonds. The largest absolute Gasteiger partial charge is 0.468 e. The van der Waals surface area contributed by atoms with Crippen molar-refractivity contribution in [2.75, 3.05) is 12.9 Å². The van der Waals surface area contributed by atoms with E-state index in [1.54, 1.807) is 0 Å². The highest BCUT2D eigenvalue weighted by Crippen LogP contribution is 2.23. The molecule has 1 N–H and O–H groups in total. The van der Waals surface area contributed by atoms with Crippen molar-refractivity contribution >= 4 is 29.6 Å². The highest BCUT2D eigenvalue weighted by atomic mass is 32.2. The minimum Gasteiger partial charge on any atom is -0.468 e. The molecule has 2 aromatic rings. The van der Waals surface area contributed by atoms with Gasteiger partial charge in [-0.1, -0.05) is 72.4 Å². The van der Waals surface area contributed by atoms with Gasteiger partial charge in [0.25, 0.3) is 5.91 Å². The number of hydrogen-bond donors (Lipinski definition) is 1. The lowest BCUT2D eigenvalue weighted by molar-refractivity contribution is -0.148. The van der Waals surface area contributed by atoms with Crippen molar-refractivity contribution in [2.24, 2.45) is 0 Å². The van der Waals surface area contributed by atoms with Crippen LogP contribution >= 0.6 is 11.8 Å². The molecule has 0 fully saturated rings. The zero-order chi connectivity index (χ0) is 19.6. The Morgan fingerprint density at radius 1 is 0.963 bits per heavy atom. The molecule has 0 aliphatic heterocycles. The molecular weight excluding hydrogens is 366 g/mol. The lowest BCUT2D eigenvalue weighted by Crippen LogP contribution is -2.38. The highest BCUT2D eigenvalue weighted by molar-refractivity contribution is 8.01. The lowest BCUT2D eigenvalue weighted by Gasteiger charge is -2.23. The Labute approximate surface area is 162 Å². The predicted octanol–water partition coefficient (Wildman–Crippen LogP) is 2.69. The van der Waals surface area contributed by atoms with E-state index in [0.717, 1.165) is 22.9 Å². The number of methoxy groups -OCH3 is 1. The maximum Gasteiger partial charge on any atom is 0.315 e. The van der Waals surface area contributed by atoms with Crippen LogP contribution in [0.3, 0.4) is 0 Å². The van der Waals surface area contributed by atoms with Gasteiger partial charge < -0.3 is 14.8 Å². The molecule has 27 heavy (non-hydrogen) atoms. The topological polar surface area (TPSA) is 81.7 Å². The Morgan fingerprint density at radius 3 is 1.93 bits per heavy atom. The first-order valence-electron chi connectivity index (χ1n) is 8.27. The summed E-state index contributed by atoms with van der Waals surface area (Å²) < 4.78 is 9.66. The van der Waals surface area contributed by atoms with E-state index >= 15 is 0 Å². The van der Waals surface area contributed by atoms with Crippen molar-refractivity contribution in [1.82, 2.24) is 5.32 Å². The molecule has 2 aromatic carbocycles. The Morgan fingerprint density at radius 2 is 1.48 bits per heavy atom. The molecule has 0 spiro atoms. The second-order valence-corrected chi connectivity index (χ2v) is 6.64. The predicted molar refractivity (Wildman–Crippen MR) is 103 cm³/mol. The van der Waals surface area contributed by atoms with E-state index in [1.165, 1.54) is 14.0 Å². The third kappa shape index (κ3) is 6.45. The maximum absolute atomic E-state index is 12.8. The van der Waals surface area contributed by atoms with Crippen molar-refractivity contribution in [2.45, 2.75) is 18.4 Å². The zero-order valence-electron chi connectivity index (χ0n) is 15.1. The average molecular weight is 387 g/mol. The van der Waals surface area contributed by atoms with Crippen LogP contribution in [0.4, 0.5) is 0 Å². The summed E-state index contributed by atoms with van der Waals surface area (Å²) in [6, 6.07) is 18.5. The van der Waals surface area contributed by atoms with Gasteiger partial charge in [-0.25, -0.2) is 0 Å². The first-order chi connectivity index (χ1) is 13.0. The summed E-state index contributed by atoms with van der Waals surface area (Å²) in [6.45, 7) is 1.21. The zero-order valence-corrected chi connectivity index (χ0v) is 15.9. The Hall–Kier alpha value is -2.80. The van der Waals surface area contributed by atoms with Crippen LogP contribution in [-0.4, -0.2) is 36.1 Å². The number of carbonyl (C=O) groups excluding carboxylic acids is 3. The van der Waals surface area contributed by atoms with Crippen molar-refractivity contribution in [3.05, 3.63) is 71.8 Å². The number of esters is 2. The normalized spacial score (nSPS) is 11.5. The fraction of sp³-hybridized carbons (Fsp3) is 0.250. The maximum atomic E-state index is 12.8. The molecule has 0 bridgehead atoms. The summed E-state index contributed by atoms with van der Waals surface area (Å²) in [4.78, 5) is 35.5. The van der Waals surface area contributed by atoms with Gasteiger partial charge in [0.2, 0.25) is 5.44 Å². The van der Waals surface area contributed by atoms with E-state index in [4.69, 9.17) is 4.74 Å². The molecule has 2 rings (SSSR count). The highest BCUT2D eigenvalue weighted by Gasteiger charge is 2.27. The van der Waals surface area contributed by atoms with Crippen LogP contribution in [0, 0.1) is 0 Å². The first-order valence-corrected chi connectivity index (χ1v) is 9.32. The second kappa shape index (κ2) is 10.4. The SMILES string of the molecule is COC(=O)CSC(OC(C)=O)C(=O)NC(c1ccccc1)c1ccccc1.